The van der Waals surface area contributed by atoms with Crippen molar-refractivity contribution >= 4 is 13.1 Å². The quantitative estimate of drug-likeness (QED) is 0.751. The molecule has 0 saturated heterocycles. The maximum absolute atomic E-state index is 12.5. The minimum atomic E-state index is -1.36. The van der Waals surface area contributed by atoms with Crippen molar-refractivity contribution in [2.45, 2.75) is 26.9 Å². The molecule has 0 heterocycles. The molecule has 2 heteroatoms. The summed E-state index contributed by atoms with van der Waals surface area (Å²) in [6, 6.07) is 14.3. The lowest BCUT2D eigenvalue weighted by molar-refractivity contribution is 0.592. The lowest BCUT2D eigenvalue weighted by atomic mass is 10.1. The highest BCUT2D eigenvalue weighted by Crippen LogP contribution is 2.29. The third-order valence-corrected chi connectivity index (χ3v) is 4.91. The maximum Gasteiger partial charge on any atom is 0.382 e. The normalized spacial score (nSPS) is 11.4. The van der Waals surface area contributed by atoms with Gasteiger partial charge in [-0.25, -0.2) is 0 Å². The van der Waals surface area contributed by atoms with Gasteiger partial charge < -0.3 is 0 Å². The molecule has 18 heavy (non-hydrogen) atoms. The van der Waals surface area contributed by atoms with Crippen LogP contribution in [0.25, 0.3) is 0 Å². The number of hydrogen-bond acceptors (Lipinski definition) is 1. The summed E-state index contributed by atoms with van der Waals surface area (Å²) in [4.78, 5) is 0. The highest BCUT2D eigenvalue weighted by Gasteiger charge is 2.25. The SMILES string of the molecule is Cc1cc(C)c([P+](=O)Cc2ccccc2)c(C)c1. The molecule has 0 N–H and O–H groups in total. The third kappa shape index (κ3) is 2.86. The first-order valence-corrected chi connectivity index (χ1v) is 7.59. The molecule has 0 aliphatic carbocycles. The van der Waals surface area contributed by atoms with Crippen LogP contribution in [0.3, 0.4) is 0 Å². The fourth-order valence-electron chi connectivity index (χ4n) is 2.39. The summed E-state index contributed by atoms with van der Waals surface area (Å²) in [5.74, 6) is 0. The second-order valence-electron chi connectivity index (χ2n) is 4.77. The summed E-state index contributed by atoms with van der Waals surface area (Å²) in [6.45, 7) is 6.18. The molecule has 2 aromatic carbocycles. The Morgan fingerprint density at radius 2 is 1.50 bits per heavy atom. The molecule has 2 aromatic rings. The fraction of sp³-hybridized carbons (Fsp3) is 0.250. The second-order valence-corrected chi connectivity index (χ2v) is 6.29. The molecule has 0 saturated carbocycles. The van der Waals surface area contributed by atoms with E-state index in [1.54, 1.807) is 0 Å². The maximum atomic E-state index is 12.5. The minimum absolute atomic E-state index is 0.626. The predicted molar refractivity (Wildman–Crippen MR) is 78.0 cm³/mol. The van der Waals surface area contributed by atoms with E-state index in [4.69, 9.17) is 0 Å². The van der Waals surface area contributed by atoms with Crippen molar-refractivity contribution in [1.29, 1.82) is 0 Å². The molecule has 0 aromatic heterocycles. The first-order chi connectivity index (χ1) is 8.58. The van der Waals surface area contributed by atoms with Crippen molar-refractivity contribution in [1.82, 2.24) is 0 Å². The van der Waals surface area contributed by atoms with Gasteiger partial charge in [-0.1, -0.05) is 52.6 Å². The molecule has 0 spiro atoms. The molecular formula is C16H18OP+. The summed E-state index contributed by atoms with van der Waals surface area (Å²) >= 11 is 0. The van der Waals surface area contributed by atoms with Gasteiger partial charge in [0.1, 0.15) is 0 Å². The summed E-state index contributed by atoms with van der Waals surface area (Å²) < 4.78 is 12.5. The van der Waals surface area contributed by atoms with E-state index in [9.17, 15) is 4.57 Å². The van der Waals surface area contributed by atoms with Gasteiger partial charge in [-0.3, -0.25) is 0 Å². The Labute approximate surface area is 110 Å². The highest BCUT2D eigenvalue weighted by molar-refractivity contribution is 7.52. The van der Waals surface area contributed by atoms with Crippen LogP contribution in [0.2, 0.25) is 0 Å². The number of aryl methyl sites for hydroxylation is 3. The Hall–Kier alpha value is -1.46. The van der Waals surface area contributed by atoms with Crippen molar-refractivity contribution in [2.75, 3.05) is 0 Å². The molecule has 0 aliphatic heterocycles. The van der Waals surface area contributed by atoms with Gasteiger partial charge >= 0.3 is 7.80 Å². The number of rotatable bonds is 3. The fourth-order valence-corrected chi connectivity index (χ4v) is 4.01. The van der Waals surface area contributed by atoms with E-state index in [-0.39, 0.29) is 0 Å². The van der Waals surface area contributed by atoms with Crippen LogP contribution in [0, 0.1) is 20.8 Å². The first-order valence-electron chi connectivity index (χ1n) is 6.14. The van der Waals surface area contributed by atoms with E-state index < -0.39 is 7.80 Å². The summed E-state index contributed by atoms with van der Waals surface area (Å²) in [5.41, 5.74) is 4.66. The van der Waals surface area contributed by atoms with Crippen LogP contribution in [0.4, 0.5) is 0 Å². The Balaban J connectivity index is 2.30. The van der Waals surface area contributed by atoms with Crippen molar-refractivity contribution in [3.05, 3.63) is 64.7 Å². The van der Waals surface area contributed by atoms with Gasteiger partial charge in [0.15, 0.2) is 11.5 Å². The van der Waals surface area contributed by atoms with Gasteiger partial charge in [0.25, 0.3) is 0 Å². The minimum Gasteiger partial charge on any atom is -0.0677 e. The molecular weight excluding hydrogens is 239 g/mol. The van der Waals surface area contributed by atoms with Crippen LogP contribution < -0.4 is 5.30 Å². The predicted octanol–water partition coefficient (Wildman–Crippen LogP) is 4.26. The van der Waals surface area contributed by atoms with Gasteiger partial charge in [-0.05, 0) is 20.8 Å². The smallest absolute Gasteiger partial charge is 0.0677 e. The molecule has 0 radical (unpaired) electrons. The van der Waals surface area contributed by atoms with Crippen LogP contribution in [0.5, 0.6) is 0 Å². The van der Waals surface area contributed by atoms with Crippen molar-refractivity contribution < 1.29 is 4.57 Å². The Bertz CT molecular complexity index is 550. The van der Waals surface area contributed by atoms with Crippen LogP contribution in [0.15, 0.2) is 42.5 Å². The van der Waals surface area contributed by atoms with E-state index >= 15 is 0 Å². The van der Waals surface area contributed by atoms with E-state index in [1.165, 1.54) is 5.56 Å². The average Bonchev–Trinajstić information content (AvgIpc) is 2.28. The largest absolute Gasteiger partial charge is 0.382 e. The zero-order valence-electron chi connectivity index (χ0n) is 11.1. The number of benzene rings is 2. The molecule has 0 aliphatic rings. The molecule has 2 rings (SSSR count). The summed E-state index contributed by atoms with van der Waals surface area (Å²) in [6.07, 6.45) is 0.626. The van der Waals surface area contributed by atoms with Gasteiger partial charge in [-0.15, -0.1) is 0 Å². The molecule has 0 fully saturated rings. The third-order valence-electron chi connectivity index (χ3n) is 3.05. The van der Waals surface area contributed by atoms with Gasteiger partial charge in [0.2, 0.25) is 0 Å². The van der Waals surface area contributed by atoms with Crippen LogP contribution in [-0.2, 0) is 10.7 Å². The van der Waals surface area contributed by atoms with Gasteiger partial charge in [0, 0.05) is 16.7 Å². The van der Waals surface area contributed by atoms with E-state index in [0.717, 1.165) is 22.0 Å². The molecule has 1 unspecified atom stereocenters. The Morgan fingerprint density at radius 3 is 2.06 bits per heavy atom. The highest BCUT2D eigenvalue weighted by atomic mass is 31.1. The van der Waals surface area contributed by atoms with Crippen molar-refractivity contribution in [3.63, 3.8) is 0 Å². The molecule has 0 bridgehead atoms. The lowest BCUT2D eigenvalue weighted by Gasteiger charge is -2.02. The Morgan fingerprint density at radius 1 is 0.944 bits per heavy atom. The van der Waals surface area contributed by atoms with E-state index in [1.807, 2.05) is 44.2 Å². The molecule has 1 nitrogen and oxygen atoms in total. The standard InChI is InChI=1S/C16H18OP/c1-12-9-13(2)16(14(3)10-12)18(17)11-15-7-5-4-6-8-15/h4-10H,11H2,1-3H3/q+1. The topological polar surface area (TPSA) is 17.1 Å². The number of hydrogen-bond donors (Lipinski definition) is 0. The molecule has 1 atom stereocenters. The average molecular weight is 257 g/mol. The van der Waals surface area contributed by atoms with Gasteiger partial charge in [-0.2, -0.15) is 0 Å². The molecule has 92 valence electrons. The summed E-state index contributed by atoms with van der Waals surface area (Å²) in [7, 11) is -1.36. The van der Waals surface area contributed by atoms with Crippen LogP contribution >= 0.6 is 7.80 Å². The molecule has 0 amide bonds. The summed E-state index contributed by atoms with van der Waals surface area (Å²) in [5, 5.41) is 1.03. The van der Waals surface area contributed by atoms with Crippen LogP contribution in [-0.4, -0.2) is 0 Å². The monoisotopic (exact) mass is 257 g/mol. The van der Waals surface area contributed by atoms with E-state index in [2.05, 4.69) is 19.1 Å². The zero-order chi connectivity index (χ0) is 13.1. The second kappa shape index (κ2) is 5.46. The van der Waals surface area contributed by atoms with Crippen molar-refractivity contribution in [2.24, 2.45) is 0 Å². The lowest BCUT2D eigenvalue weighted by Crippen LogP contribution is -2.08. The zero-order valence-corrected chi connectivity index (χ0v) is 12.0. The van der Waals surface area contributed by atoms with Crippen LogP contribution in [0.1, 0.15) is 22.3 Å². The van der Waals surface area contributed by atoms with E-state index in [0.29, 0.717) is 6.16 Å². The Kier molecular flexibility index (Phi) is 3.93. The van der Waals surface area contributed by atoms with Crippen molar-refractivity contribution in [3.8, 4) is 0 Å². The first kappa shape index (κ1) is 13.0. The van der Waals surface area contributed by atoms with Gasteiger partial charge in [0.05, 0.1) is 0 Å².